The number of hydrogen-bond acceptors (Lipinski definition) is 1. The summed E-state index contributed by atoms with van der Waals surface area (Å²) < 4.78 is 37.5. The molecule has 0 bridgehead atoms. The molecule has 1 nitrogen and oxygen atoms in total. The summed E-state index contributed by atoms with van der Waals surface area (Å²) >= 11 is 0. The Hall–Kier alpha value is -0.380. The van der Waals surface area contributed by atoms with Crippen LogP contribution in [0, 0.1) is 5.92 Å². The van der Waals surface area contributed by atoms with E-state index in [0.29, 0.717) is 0 Å². The van der Waals surface area contributed by atoms with Crippen LogP contribution in [0.15, 0.2) is 12.2 Å². The first-order valence-corrected chi connectivity index (χ1v) is 5.18. The van der Waals surface area contributed by atoms with Crippen molar-refractivity contribution in [1.29, 1.82) is 0 Å². The van der Waals surface area contributed by atoms with Crippen LogP contribution in [0.2, 0.25) is 0 Å². The Morgan fingerprint density at radius 1 is 1.58 bits per heavy atom. The first-order valence-electron chi connectivity index (χ1n) is 3.55. The fourth-order valence-corrected chi connectivity index (χ4v) is 2.33. The van der Waals surface area contributed by atoms with Crippen molar-refractivity contribution in [3.63, 3.8) is 0 Å². The van der Waals surface area contributed by atoms with Gasteiger partial charge in [-0.1, -0.05) is 20.4 Å². The van der Waals surface area contributed by atoms with E-state index in [2.05, 4.69) is 12.4 Å². The topological polar surface area (TPSA) is 17.1 Å². The largest absolute Gasteiger partial charge is 0.232 e. The highest BCUT2D eigenvalue weighted by Gasteiger charge is 2.44. The summed E-state index contributed by atoms with van der Waals surface area (Å²) in [4.78, 5) is 0. The van der Waals surface area contributed by atoms with Gasteiger partial charge in [0.25, 0.3) is 0 Å². The van der Waals surface area contributed by atoms with Crippen LogP contribution in [0.3, 0.4) is 0 Å². The lowest BCUT2D eigenvalue weighted by Crippen LogP contribution is -2.37. The highest BCUT2D eigenvalue weighted by atomic mass is 32.2. The van der Waals surface area contributed by atoms with E-state index in [4.69, 9.17) is 0 Å². The Morgan fingerprint density at radius 2 is 1.92 bits per heavy atom. The molecule has 0 saturated heterocycles. The van der Waals surface area contributed by atoms with Gasteiger partial charge in [-0.25, -0.2) is 8.60 Å². The van der Waals surface area contributed by atoms with Gasteiger partial charge >= 0.3 is 0 Å². The average molecular weight is 196 g/mol. The molecule has 0 fully saturated rings. The molecule has 2 unspecified atom stereocenters. The van der Waals surface area contributed by atoms with Crippen LogP contribution in [0.5, 0.6) is 0 Å². The summed E-state index contributed by atoms with van der Waals surface area (Å²) in [5, 5.41) is -2.51. The van der Waals surface area contributed by atoms with Crippen molar-refractivity contribution >= 4 is 15.8 Å². The Labute approximate surface area is 72.8 Å². The lowest BCUT2D eigenvalue weighted by atomic mass is 10.0. The summed E-state index contributed by atoms with van der Waals surface area (Å²) in [6.45, 7) is 7.48. The molecule has 12 heavy (non-hydrogen) atoms. The van der Waals surface area contributed by atoms with Crippen molar-refractivity contribution in [2.75, 3.05) is 0 Å². The molecule has 0 aliphatic carbocycles. The molecule has 72 valence electrons. The van der Waals surface area contributed by atoms with Gasteiger partial charge in [-0.3, -0.25) is 0 Å². The van der Waals surface area contributed by atoms with Gasteiger partial charge in [0.05, 0.1) is 0 Å². The molecule has 0 N–H and O–H groups in total. The predicted molar refractivity (Wildman–Crippen MR) is 49.9 cm³/mol. The van der Waals surface area contributed by atoms with Crippen LogP contribution in [0.25, 0.3) is 0 Å². The third kappa shape index (κ3) is 1.68. The van der Waals surface area contributed by atoms with E-state index < -0.39 is 20.8 Å². The van der Waals surface area contributed by atoms with E-state index in [0.717, 1.165) is 0 Å². The minimum absolute atomic E-state index is 0.0833. The van der Waals surface area contributed by atoms with Crippen LogP contribution in [0.4, 0.5) is 8.28 Å². The average Bonchev–Trinajstić information content (AvgIpc) is 1.82. The molecular formula is C8H14F2OS. The Balaban J connectivity index is 5.33. The van der Waals surface area contributed by atoms with Crippen LogP contribution in [0.1, 0.15) is 20.8 Å². The molecule has 2 atom stereocenters. The second-order valence-electron chi connectivity index (χ2n) is 3.17. The molecule has 0 amide bonds. The molecular weight excluding hydrogens is 182 g/mol. The van der Waals surface area contributed by atoms with Gasteiger partial charge < -0.3 is 0 Å². The summed E-state index contributed by atoms with van der Waals surface area (Å²) in [6, 6.07) is 0. The minimum Gasteiger partial charge on any atom is -0.232 e. The van der Waals surface area contributed by atoms with E-state index >= 15 is 0 Å². The Morgan fingerprint density at radius 3 is 1.92 bits per heavy atom. The third-order valence-electron chi connectivity index (χ3n) is 1.77. The summed E-state index contributed by atoms with van der Waals surface area (Å²) in [6.07, 6.45) is 0. The molecule has 0 aromatic rings. The zero-order chi connectivity index (χ0) is 10.2. The monoisotopic (exact) mass is 196 g/mol. The zero-order valence-corrected chi connectivity index (χ0v) is 8.38. The minimum atomic E-state index is -4.23. The van der Waals surface area contributed by atoms with E-state index in [9.17, 15) is 12.5 Å². The van der Waals surface area contributed by atoms with Gasteiger partial charge in [-0.15, -0.1) is 3.89 Å². The smallest absolute Gasteiger partial charge is 0.227 e. The normalized spacial score (nSPS) is 21.5. The molecule has 0 saturated carbocycles. The van der Waals surface area contributed by atoms with Crippen LogP contribution >= 0.6 is 0 Å². The number of rotatable bonds is 3. The Bertz CT molecular complexity index is 279. The fourth-order valence-electron chi connectivity index (χ4n) is 1.10. The van der Waals surface area contributed by atoms with Crippen molar-refractivity contribution in [2.24, 2.45) is 5.92 Å². The van der Waals surface area contributed by atoms with Crippen molar-refractivity contribution in [3.8, 4) is 0 Å². The molecule has 0 radical (unpaired) electrons. The van der Waals surface area contributed by atoms with E-state index in [1.807, 2.05) is 0 Å². The summed E-state index contributed by atoms with van der Waals surface area (Å²) in [5.41, 5.74) is -0.0833. The molecule has 0 rings (SSSR count). The maximum Gasteiger partial charge on any atom is 0.227 e. The second kappa shape index (κ2) is 3.17. The molecule has 0 aromatic heterocycles. The highest BCUT2D eigenvalue weighted by molar-refractivity contribution is 7.97. The maximum atomic E-state index is 13.7. The molecule has 4 heteroatoms. The highest BCUT2D eigenvalue weighted by Crippen LogP contribution is 2.36. The maximum absolute atomic E-state index is 13.7. The first-order chi connectivity index (χ1) is 5.14. The third-order valence-corrected chi connectivity index (χ3v) is 3.48. The van der Waals surface area contributed by atoms with Gasteiger partial charge in [0.2, 0.25) is 5.00 Å². The quantitative estimate of drug-likeness (QED) is 0.385. The van der Waals surface area contributed by atoms with E-state index in [1.54, 1.807) is 0 Å². The van der Waals surface area contributed by atoms with E-state index in [1.165, 1.54) is 20.8 Å². The van der Waals surface area contributed by atoms with E-state index in [-0.39, 0.29) is 5.57 Å². The zero-order valence-electron chi connectivity index (χ0n) is 7.56. The molecule has 0 spiro atoms. The lowest BCUT2D eigenvalue weighted by molar-refractivity contribution is 0.241. The Kier molecular flexibility index (Phi) is 3.07. The summed E-state index contributed by atoms with van der Waals surface area (Å²) in [5.74, 6) is 1.98. The van der Waals surface area contributed by atoms with Crippen molar-refractivity contribution in [2.45, 2.75) is 25.8 Å². The fraction of sp³-hybridized carbons (Fsp3) is 0.625. The predicted octanol–water partition coefficient (Wildman–Crippen LogP) is 2.49. The number of hydrogen-bond donors (Lipinski definition) is 0. The van der Waals surface area contributed by atoms with Gasteiger partial charge in [0.15, 0.2) is 9.91 Å². The lowest BCUT2D eigenvalue weighted by Gasteiger charge is -2.28. The first kappa shape index (κ1) is 11.6. The van der Waals surface area contributed by atoms with Crippen LogP contribution in [-0.4, -0.2) is 15.1 Å². The van der Waals surface area contributed by atoms with Gasteiger partial charge in [0, 0.05) is 5.92 Å². The van der Waals surface area contributed by atoms with Gasteiger partial charge in [-0.2, -0.15) is 0 Å². The summed E-state index contributed by atoms with van der Waals surface area (Å²) in [7, 11) is -4.23. The van der Waals surface area contributed by atoms with Crippen LogP contribution < -0.4 is 0 Å². The standard InChI is InChI=1S/C8H14F2OS/c1-6(2)8(9,7(3)4)12(5,10)11/h7H,1,5H2,2-4H3. The second-order valence-corrected chi connectivity index (χ2v) is 4.96. The number of alkyl halides is 1. The SMILES string of the molecule is C=C(C)C(F)(C(C)C)S(=C)(=O)F. The van der Waals surface area contributed by atoms with Crippen LogP contribution in [-0.2, 0) is 9.91 Å². The van der Waals surface area contributed by atoms with Crippen molar-refractivity contribution in [1.82, 2.24) is 0 Å². The molecule has 0 aliphatic rings. The molecule has 0 heterocycles. The van der Waals surface area contributed by atoms with Gasteiger partial charge in [0.1, 0.15) is 0 Å². The van der Waals surface area contributed by atoms with Gasteiger partial charge in [-0.05, 0) is 18.4 Å². The van der Waals surface area contributed by atoms with Crippen molar-refractivity contribution < 1.29 is 12.5 Å². The molecule has 0 aliphatic heterocycles. The van der Waals surface area contributed by atoms with Crippen molar-refractivity contribution in [3.05, 3.63) is 12.2 Å². The number of halogens is 2. The molecule has 0 aromatic carbocycles.